The Labute approximate surface area is 182 Å². The molecule has 0 bridgehead atoms. The topological polar surface area (TPSA) is 127 Å². The molecule has 0 heterocycles. The van der Waals surface area contributed by atoms with Crippen LogP contribution in [0.1, 0.15) is 52.4 Å². The predicted octanol–water partition coefficient (Wildman–Crippen LogP) is 1.46. The molecule has 9 heteroatoms. The minimum absolute atomic E-state index is 0. The summed E-state index contributed by atoms with van der Waals surface area (Å²) < 4.78 is 8.32. The van der Waals surface area contributed by atoms with E-state index in [4.69, 9.17) is 10.2 Å². The van der Waals surface area contributed by atoms with Crippen molar-refractivity contribution in [2.45, 2.75) is 52.4 Å². The van der Waals surface area contributed by atoms with Crippen LogP contribution in [0.25, 0.3) is 0 Å². The minimum Gasteiger partial charge on any atom is -0.469 e. The molecule has 0 amide bonds. The number of rotatable bonds is 8. The van der Waals surface area contributed by atoms with Gasteiger partial charge in [-0.2, -0.15) is 0 Å². The Morgan fingerprint density at radius 3 is 1.04 bits per heavy atom. The Bertz CT molecular complexity index is 321. The first-order valence-corrected chi connectivity index (χ1v) is 8.21. The molecule has 0 rings (SSSR count). The average Bonchev–Trinajstić information content (AvgIpc) is 2.56. The minimum atomic E-state index is -0.537. The number of carbonyl (C=O) groups excluding carboxylic acids is 4. The smallest absolute Gasteiger partial charge is 0.469 e. The molecule has 0 aliphatic heterocycles. The SMILES string of the molecule is CCCCO.CCCCO.[CH2-]C(=O)CC(=O)OC.[CH2-]C(=O)CC(=O)OC.[Zr+2]. The van der Waals surface area contributed by atoms with Gasteiger partial charge in [-0.3, -0.25) is 9.59 Å². The molecular weight excluding hydrogens is 435 g/mol. The molecule has 158 valence electrons. The number of Topliss-reactive ketones (excluding diaryl/α,β-unsaturated/α-hetero) is 2. The van der Waals surface area contributed by atoms with Gasteiger partial charge in [-0.15, -0.1) is 0 Å². The molecule has 0 aliphatic carbocycles. The molecule has 0 aromatic carbocycles. The summed E-state index contributed by atoms with van der Waals surface area (Å²) in [5.41, 5.74) is 0. The average molecular weight is 470 g/mol. The van der Waals surface area contributed by atoms with Crippen LogP contribution in [0.2, 0.25) is 0 Å². The molecule has 0 aromatic heterocycles. The number of ketones is 2. The fraction of sp³-hybridized carbons (Fsp3) is 0.667. The van der Waals surface area contributed by atoms with Crippen LogP contribution < -0.4 is 0 Å². The van der Waals surface area contributed by atoms with Crippen LogP contribution in [0.3, 0.4) is 0 Å². The Hall–Kier alpha value is -1.18. The van der Waals surface area contributed by atoms with Gasteiger partial charge in [-0.05, 0) is 12.8 Å². The summed E-state index contributed by atoms with van der Waals surface area (Å²) in [4.78, 5) is 40.3. The third-order valence-corrected chi connectivity index (χ3v) is 2.16. The quantitative estimate of drug-likeness (QED) is 0.311. The molecule has 27 heavy (non-hydrogen) atoms. The van der Waals surface area contributed by atoms with Crippen molar-refractivity contribution in [1.82, 2.24) is 0 Å². The molecule has 0 fully saturated rings. The van der Waals surface area contributed by atoms with Crippen molar-refractivity contribution in [3.63, 3.8) is 0 Å². The van der Waals surface area contributed by atoms with Gasteiger partial charge in [0.05, 0.1) is 27.1 Å². The Kier molecular flexibility index (Phi) is 44.2. The van der Waals surface area contributed by atoms with E-state index in [1.807, 2.05) is 0 Å². The second-order valence-electron chi connectivity index (χ2n) is 4.74. The number of ether oxygens (including phenoxy) is 2. The third-order valence-electron chi connectivity index (χ3n) is 2.16. The monoisotopic (exact) mass is 468 g/mol. The summed E-state index contributed by atoms with van der Waals surface area (Å²) in [5, 5.41) is 16.1. The van der Waals surface area contributed by atoms with Crippen LogP contribution in [0.5, 0.6) is 0 Å². The zero-order valence-corrected chi connectivity index (χ0v) is 19.4. The van der Waals surface area contributed by atoms with E-state index in [9.17, 15) is 19.2 Å². The van der Waals surface area contributed by atoms with Crippen LogP contribution >= 0.6 is 0 Å². The number of hydrogen-bond donors (Lipinski definition) is 2. The van der Waals surface area contributed by atoms with E-state index in [-0.39, 0.29) is 39.0 Å². The van der Waals surface area contributed by atoms with Gasteiger partial charge in [0.2, 0.25) is 0 Å². The van der Waals surface area contributed by atoms with Gasteiger partial charge >= 0.3 is 38.1 Å². The van der Waals surface area contributed by atoms with Crippen LogP contribution in [0.15, 0.2) is 0 Å². The maximum Gasteiger partial charge on any atom is 2.00 e. The fourth-order valence-electron chi connectivity index (χ4n) is 0.783. The van der Waals surface area contributed by atoms with E-state index in [2.05, 4.69) is 37.2 Å². The Morgan fingerprint density at radius 2 is 1.00 bits per heavy atom. The molecule has 2 N–H and O–H groups in total. The van der Waals surface area contributed by atoms with E-state index >= 15 is 0 Å². The van der Waals surface area contributed by atoms with Crippen molar-refractivity contribution in [2.24, 2.45) is 0 Å². The number of hydrogen-bond acceptors (Lipinski definition) is 8. The summed E-state index contributed by atoms with van der Waals surface area (Å²) >= 11 is 0. The van der Waals surface area contributed by atoms with Gasteiger partial charge in [-0.25, -0.2) is 0 Å². The molecule has 0 saturated heterocycles. The van der Waals surface area contributed by atoms with Crippen molar-refractivity contribution in [1.29, 1.82) is 0 Å². The van der Waals surface area contributed by atoms with Crippen molar-refractivity contribution in [2.75, 3.05) is 27.4 Å². The first-order chi connectivity index (χ1) is 12.2. The summed E-state index contributed by atoms with van der Waals surface area (Å²) in [6, 6.07) is 0. The number of carbonyl (C=O) groups is 4. The van der Waals surface area contributed by atoms with E-state index in [1.165, 1.54) is 14.2 Å². The van der Waals surface area contributed by atoms with Gasteiger partial charge < -0.3 is 43.1 Å². The summed E-state index contributed by atoms with van der Waals surface area (Å²) in [6.07, 6.45) is 3.62. The number of methoxy groups -OCH3 is 2. The standard InChI is InChI=1S/2C5H7O3.2C4H10O.Zr/c2*1-4(6)3-5(7)8-2;2*1-2-3-4-5;/h2*1,3H2,2H3;2*5H,2-4H2,1H3;/q2*-1;;;+2. The molecule has 0 atom stereocenters. The van der Waals surface area contributed by atoms with Crippen molar-refractivity contribution < 1.29 is 65.1 Å². The van der Waals surface area contributed by atoms with E-state index in [0.29, 0.717) is 13.2 Å². The zero-order chi connectivity index (χ0) is 21.4. The van der Waals surface area contributed by atoms with Crippen molar-refractivity contribution in [3.05, 3.63) is 13.8 Å². The largest absolute Gasteiger partial charge is 2.00 e. The summed E-state index contributed by atoms with van der Waals surface area (Å²) in [5.74, 6) is -1.91. The van der Waals surface area contributed by atoms with Crippen LogP contribution in [-0.4, -0.2) is 61.2 Å². The molecule has 0 saturated carbocycles. The number of aliphatic hydroxyl groups excluding tert-OH is 2. The van der Waals surface area contributed by atoms with Gasteiger partial charge in [0, 0.05) is 24.8 Å². The molecular formula is C18H34O8Zr. The maximum atomic E-state index is 10.1. The molecule has 0 aliphatic rings. The van der Waals surface area contributed by atoms with E-state index < -0.39 is 23.5 Å². The third kappa shape index (κ3) is 58.8. The normalized spacial score (nSPS) is 7.93. The van der Waals surface area contributed by atoms with Crippen molar-refractivity contribution in [3.8, 4) is 0 Å². The Balaban J connectivity index is -0.0000000807. The summed E-state index contributed by atoms with van der Waals surface area (Å²) in [7, 11) is 2.45. The number of aliphatic hydroxyl groups is 2. The molecule has 0 spiro atoms. The zero-order valence-electron chi connectivity index (χ0n) is 16.9. The van der Waals surface area contributed by atoms with Crippen LogP contribution in [0, 0.1) is 13.8 Å². The van der Waals surface area contributed by atoms with E-state index in [1.54, 1.807) is 0 Å². The fourth-order valence-corrected chi connectivity index (χ4v) is 0.783. The molecule has 0 radical (unpaired) electrons. The molecule has 0 unspecified atom stereocenters. The number of unbranched alkanes of at least 4 members (excludes halogenated alkanes) is 2. The second kappa shape index (κ2) is 32.5. The number of esters is 2. The van der Waals surface area contributed by atoms with Gasteiger partial charge in [-0.1, -0.05) is 26.7 Å². The van der Waals surface area contributed by atoms with Crippen LogP contribution in [0.4, 0.5) is 0 Å². The maximum absolute atomic E-state index is 10.1. The molecule has 0 aromatic rings. The second-order valence-corrected chi connectivity index (χ2v) is 4.74. The van der Waals surface area contributed by atoms with Gasteiger partial charge in [0.15, 0.2) is 0 Å². The molecule has 8 nitrogen and oxygen atoms in total. The Morgan fingerprint density at radius 1 is 0.741 bits per heavy atom. The predicted molar refractivity (Wildman–Crippen MR) is 98.0 cm³/mol. The first-order valence-electron chi connectivity index (χ1n) is 8.21. The van der Waals surface area contributed by atoms with Crippen molar-refractivity contribution >= 4 is 23.5 Å². The van der Waals surface area contributed by atoms with E-state index in [0.717, 1.165) is 25.7 Å². The van der Waals surface area contributed by atoms with Gasteiger partial charge in [0.1, 0.15) is 0 Å². The van der Waals surface area contributed by atoms with Crippen LogP contribution in [-0.2, 0) is 54.9 Å². The first kappa shape index (κ1) is 36.7. The van der Waals surface area contributed by atoms with Gasteiger partial charge in [0.25, 0.3) is 0 Å². The summed E-state index contributed by atoms with van der Waals surface area (Å²) in [6.45, 7) is 10.8.